The molecule has 1 unspecified atom stereocenters. The molecule has 3 heterocycles. The molecule has 0 saturated carbocycles. The summed E-state index contributed by atoms with van der Waals surface area (Å²) in [6, 6.07) is 14.0. The van der Waals surface area contributed by atoms with Gasteiger partial charge in [0.25, 0.3) is 5.91 Å². The van der Waals surface area contributed by atoms with Crippen LogP contribution in [0.4, 0.5) is 0 Å². The van der Waals surface area contributed by atoms with Gasteiger partial charge in [-0.15, -0.1) is 11.3 Å². The third kappa shape index (κ3) is 4.86. The first-order valence-corrected chi connectivity index (χ1v) is 10.8. The van der Waals surface area contributed by atoms with Gasteiger partial charge in [0.1, 0.15) is 0 Å². The average Bonchev–Trinajstić information content (AvgIpc) is 3.43. The molecule has 4 rings (SSSR count). The van der Waals surface area contributed by atoms with Gasteiger partial charge in [0.05, 0.1) is 19.0 Å². The van der Waals surface area contributed by atoms with Gasteiger partial charge in [-0.3, -0.25) is 9.69 Å². The normalized spacial score (nSPS) is 17.2. The van der Waals surface area contributed by atoms with Crippen molar-refractivity contribution in [2.75, 3.05) is 26.7 Å². The number of aromatic nitrogens is 2. The number of ether oxygens (including phenoxy) is 1. The first-order chi connectivity index (χ1) is 14.2. The van der Waals surface area contributed by atoms with Crippen molar-refractivity contribution in [2.24, 2.45) is 5.92 Å². The van der Waals surface area contributed by atoms with E-state index in [1.165, 1.54) is 4.88 Å². The van der Waals surface area contributed by atoms with Crippen molar-refractivity contribution in [3.63, 3.8) is 0 Å². The van der Waals surface area contributed by atoms with Crippen LogP contribution in [0, 0.1) is 5.92 Å². The van der Waals surface area contributed by atoms with Crippen LogP contribution in [0.5, 0.6) is 5.75 Å². The summed E-state index contributed by atoms with van der Waals surface area (Å²) in [6.45, 7) is 3.78. The van der Waals surface area contributed by atoms with E-state index in [1.807, 2.05) is 30.3 Å². The van der Waals surface area contributed by atoms with Crippen LogP contribution in [0.1, 0.15) is 28.2 Å². The van der Waals surface area contributed by atoms with Crippen molar-refractivity contribution in [3.05, 3.63) is 64.6 Å². The summed E-state index contributed by atoms with van der Waals surface area (Å²) in [4.78, 5) is 16.6. The van der Waals surface area contributed by atoms with E-state index >= 15 is 0 Å². The predicted octanol–water partition coefficient (Wildman–Crippen LogP) is 3.58. The molecule has 1 amide bonds. The maximum absolute atomic E-state index is 12.8. The molecule has 1 saturated heterocycles. The summed E-state index contributed by atoms with van der Waals surface area (Å²) in [5.41, 5.74) is 1.21. The van der Waals surface area contributed by atoms with E-state index in [0.29, 0.717) is 23.9 Å². The van der Waals surface area contributed by atoms with E-state index in [-0.39, 0.29) is 5.91 Å². The number of hydrogen-bond acceptors (Lipinski definition) is 5. The molecule has 29 heavy (non-hydrogen) atoms. The van der Waals surface area contributed by atoms with Gasteiger partial charge in [0.2, 0.25) is 0 Å². The summed E-state index contributed by atoms with van der Waals surface area (Å²) in [6.07, 6.45) is 4.04. The number of rotatable bonds is 7. The number of para-hydroxylation sites is 1. The average molecular weight is 411 g/mol. The zero-order valence-electron chi connectivity index (χ0n) is 16.6. The van der Waals surface area contributed by atoms with E-state index in [9.17, 15) is 4.79 Å². The molecule has 0 aliphatic carbocycles. The molecule has 7 heteroatoms. The Balaban J connectivity index is 1.36. The number of thiophene rings is 1. The van der Waals surface area contributed by atoms with E-state index in [2.05, 4.69) is 32.8 Å². The molecular weight excluding hydrogens is 384 g/mol. The number of amides is 1. The van der Waals surface area contributed by atoms with Crippen molar-refractivity contribution in [1.29, 1.82) is 0 Å². The predicted molar refractivity (Wildman–Crippen MR) is 115 cm³/mol. The van der Waals surface area contributed by atoms with Crippen LogP contribution in [0.3, 0.4) is 0 Å². The molecule has 1 N–H and O–H groups in total. The lowest BCUT2D eigenvalue weighted by molar-refractivity contribution is 0.0922. The third-order valence-corrected chi connectivity index (χ3v) is 6.11. The maximum Gasteiger partial charge on any atom is 0.275 e. The van der Waals surface area contributed by atoms with Gasteiger partial charge in [-0.25, -0.2) is 4.68 Å². The number of carbonyl (C=O) groups excluding carboxylic acids is 1. The Morgan fingerprint density at radius 2 is 2.14 bits per heavy atom. The van der Waals surface area contributed by atoms with Gasteiger partial charge in [0.15, 0.2) is 11.4 Å². The Morgan fingerprint density at radius 3 is 2.90 bits per heavy atom. The Bertz CT molecular complexity index is 924. The van der Waals surface area contributed by atoms with Gasteiger partial charge < -0.3 is 10.1 Å². The van der Waals surface area contributed by atoms with E-state index in [4.69, 9.17) is 4.74 Å². The molecule has 1 fully saturated rings. The number of hydrogen-bond donors (Lipinski definition) is 1. The number of likely N-dealkylation sites (tertiary alicyclic amines) is 1. The maximum atomic E-state index is 12.8. The molecule has 1 aromatic carbocycles. The van der Waals surface area contributed by atoms with Crippen LogP contribution >= 0.6 is 11.3 Å². The molecule has 2 aromatic heterocycles. The van der Waals surface area contributed by atoms with Gasteiger partial charge in [-0.2, -0.15) is 5.10 Å². The highest BCUT2D eigenvalue weighted by Gasteiger charge is 2.23. The highest BCUT2D eigenvalue weighted by Crippen LogP contribution is 2.22. The summed E-state index contributed by atoms with van der Waals surface area (Å²) >= 11 is 1.80. The van der Waals surface area contributed by atoms with Crippen LogP contribution in [-0.2, 0) is 6.54 Å². The Morgan fingerprint density at radius 1 is 1.28 bits per heavy atom. The van der Waals surface area contributed by atoms with Crippen LogP contribution < -0.4 is 10.1 Å². The van der Waals surface area contributed by atoms with E-state index < -0.39 is 0 Å². The zero-order chi connectivity index (χ0) is 20.1. The summed E-state index contributed by atoms with van der Waals surface area (Å²) in [5, 5.41) is 9.64. The second-order valence-electron chi connectivity index (χ2n) is 7.36. The van der Waals surface area contributed by atoms with Gasteiger partial charge in [-0.1, -0.05) is 24.3 Å². The van der Waals surface area contributed by atoms with Crippen LogP contribution in [0.25, 0.3) is 5.69 Å². The monoisotopic (exact) mass is 410 g/mol. The molecule has 0 radical (unpaired) electrons. The number of piperidine rings is 1. The van der Waals surface area contributed by atoms with E-state index in [0.717, 1.165) is 38.2 Å². The van der Waals surface area contributed by atoms with Crippen molar-refractivity contribution < 1.29 is 9.53 Å². The minimum Gasteiger partial charge on any atom is -0.493 e. The number of benzene rings is 1. The number of nitrogens with zero attached hydrogens (tertiary/aromatic N) is 3. The molecule has 1 atom stereocenters. The first-order valence-electron chi connectivity index (χ1n) is 9.95. The quantitative estimate of drug-likeness (QED) is 0.647. The SMILES string of the molecule is COc1cn(-c2ccccc2)nc1C(=O)NCC1CCCN(Cc2cccs2)C1. The van der Waals surface area contributed by atoms with Crippen LogP contribution in [0.2, 0.25) is 0 Å². The van der Waals surface area contributed by atoms with Gasteiger partial charge >= 0.3 is 0 Å². The second-order valence-corrected chi connectivity index (χ2v) is 8.39. The molecule has 152 valence electrons. The van der Waals surface area contributed by atoms with Gasteiger partial charge in [-0.05, 0) is 48.9 Å². The smallest absolute Gasteiger partial charge is 0.275 e. The minimum atomic E-state index is -0.188. The van der Waals surface area contributed by atoms with Crippen LogP contribution in [0.15, 0.2) is 54.0 Å². The van der Waals surface area contributed by atoms with Crippen molar-refractivity contribution in [2.45, 2.75) is 19.4 Å². The van der Waals surface area contributed by atoms with Crippen molar-refractivity contribution in [1.82, 2.24) is 20.0 Å². The fourth-order valence-corrected chi connectivity index (χ4v) is 4.53. The van der Waals surface area contributed by atoms with Gasteiger partial charge in [0, 0.05) is 24.5 Å². The molecule has 1 aliphatic rings. The highest BCUT2D eigenvalue weighted by molar-refractivity contribution is 7.09. The summed E-state index contributed by atoms with van der Waals surface area (Å²) in [7, 11) is 1.56. The van der Waals surface area contributed by atoms with Crippen molar-refractivity contribution >= 4 is 17.2 Å². The molecule has 0 spiro atoms. The third-order valence-electron chi connectivity index (χ3n) is 5.25. The van der Waals surface area contributed by atoms with Crippen LogP contribution in [-0.4, -0.2) is 47.3 Å². The molecule has 0 bridgehead atoms. The summed E-state index contributed by atoms with van der Waals surface area (Å²) in [5.74, 6) is 0.746. The largest absolute Gasteiger partial charge is 0.493 e. The molecule has 1 aliphatic heterocycles. The number of nitrogens with one attached hydrogen (secondary N) is 1. The van der Waals surface area contributed by atoms with E-state index in [1.54, 1.807) is 29.3 Å². The lowest BCUT2D eigenvalue weighted by Crippen LogP contribution is -2.40. The molecule has 6 nitrogen and oxygen atoms in total. The highest BCUT2D eigenvalue weighted by atomic mass is 32.1. The summed E-state index contributed by atoms with van der Waals surface area (Å²) < 4.78 is 7.06. The fraction of sp³-hybridized carbons (Fsp3) is 0.364. The lowest BCUT2D eigenvalue weighted by Gasteiger charge is -2.32. The lowest BCUT2D eigenvalue weighted by atomic mass is 9.98. The zero-order valence-corrected chi connectivity index (χ0v) is 17.4. The molecule has 3 aromatic rings. The topological polar surface area (TPSA) is 59.4 Å². The fourth-order valence-electron chi connectivity index (χ4n) is 3.78. The molecular formula is C22H26N4O2S. The Hall–Kier alpha value is -2.64. The number of carbonyl (C=O) groups is 1. The standard InChI is InChI=1S/C22H26N4O2S/c1-28-20-16-26(18-8-3-2-4-9-18)24-21(20)22(27)23-13-17-7-5-11-25(14-17)15-19-10-6-12-29-19/h2-4,6,8-10,12,16-17H,5,7,11,13-15H2,1H3,(H,23,27). The van der Waals surface area contributed by atoms with Crippen molar-refractivity contribution in [3.8, 4) is 11.4 Å². The second kappa shape index (κ2) is 9.24. The minimum absolute atomic E-state index is 0.188. The number of methoxy groups -OCH3 is 1. The Labute approximate surface area is 175 Å². The first kappa shape index (κ1) is 19.7. The Kier molecular flexibility index (Phi) is 6.27.